The van der Waals surface area contributed by atoms with Gasteiger partial charge in [0.15, 0.2) is 6.10 Å². The predicted octanol–water partition coefficient (Wildman–Crippen LogP) is 4.45. The standard InChI is InChI=1S/C23H17ClN4O4S2/c24-16-12-10-15(11-13-16)22-26-27-23(33-22)25-21(29)20-14-28(18-8-4-5-9-19(18)32-20)34(30,31)17-6-2-1-3-7-17/h1-13,20H,14H2,(H,25,27,29)/t20-/m0/s1. The number of nitrogens with one attached hydrogen (secondary N) is 1. The van der Waals surface area contributed by atoms with Crippen molar-refractivity contribution in [3.8, 4) is 16.3 Å². The molecule has 0 radical (unpaired) electrons. The Balaban J connectivity index is 1.39. The molecule has 1 aromatic heterocycles. The summed E-state index contributed by atoms with van der Waals surface area (Å²) in [6.07, 6.45) is -1.09. The molecule has 0 saturated heterocycles. The zero-order chi connectivity index (χ0) is 23.7. The minimum absolute atomic E-state index is 0.127. The van der Waals surface area contributed by atoms with Gasteiger partial charge in [0.25, 0.3) is 15.9 Å². The van der Waals surface area contributed by atoms with Crippen LogP contribution in [0.15, 0.2) is 83.8 Å². The first kappa shape index (κ1) is 22.3. The van der Waals surface area contributed by atoms with Gasteiger partial charge in [-0.2, -0.15) is 0 Å². The molecule has 11 heteroatoms. The topological polar surface area (TPSA) is 101 Å². The number of hydrogen-bond acceptors (Lipinski definition) is 7. The number of anilines is 2. The molecule has 0 fully saturated rings. The van der Waals surface area contributed by atoms with Crippen LogP contribution in [0.5, 0.6) is 5.75 Å². The van der Waals surface area contributed by atoms with Crippen molar-refractivity contribution < 1.29 is 17.9 Å². The highest BCUT2D eigenvalue weighted by Crippen LogP contribution is 2.37. The number of nitrogens with zero attached hydrogens (tertiary/aromatic N) is 3. The number of carbonyl (C=O) groups is 1. The highest BCUT2D eigenvalue weighted by atomic mass is 35.5. The maximum atomic E-state index is 13.4. The normalized spacial score (nSPS) is 15.3. The highest BCUT2D eigenvalue weighted by molar-refractivity contribution is 7.92. The van der Waals surface area contributed by atoms with Gasteiger partial charge in [-0.1, -0.05) is 65.4 Å². The van der Waals surface area contributed by atoms with Gasteiger partial charge in [0.1, 0.15) is 10.8 Å². The van der Waals surface area contributed by atoms with E-state index in [1.54, 1.807) is 54.6 Å². The molecule has 172 valence electrons. The van der Waals surface area contributed by atoms with E-state index in [1.165, 1.54) is 27.8 Å². The molecule has 5 rings (SSSR count). The molecule has 0 aliphatic carbocycles. The van der Waals surface area contributed by atoms with Crippen LogP contribution in [0.1, 0.15) is 0 Å². The number of fused-ring (bicyclic) bond motifs is 1. The number of benzene rings is 3. The van der Waals surface area contributed by atoms with Gasteiger partial charge in [-0.15, -0.1) is 10.2 Å². The maximum Gasteiger partial charge on any atom is 0.269 e. The molecule has 0 saturated carbocycles. The van der Waals surface area contributed by atoms with Crippen molar-refractivity contribution in [2.75, 3.05) is 16.2 Å². The van der Waals surface area contributed by atoms with Crippen LogP contribution in [0, 0.1) is 0 Å². The minimum Gasteiger partial charge on any atom is -0.476 e. The number of halogens is 1. The van der Waals surface area contributed by atoms with Crippen molar-refractivity contribution in [3.05, 3.63) is 83.9 Å². The number of rotatable bonds is 5. The fourth-order valence-electron chi connectivity index (χ4n) is 3.45. The van der Waals surface area contributed by atoms with E-state index in [0.717, 1.165) is 5.56 Å². The number of hydrogen-bond donors (Lipinski definition) is 1. The largest absolute Gasteiger partial charge is 0.476 e. The summed E-state index contributed by atoms with van der Waals surface area (Å²) in [6, 6.07) is 21.9. The molecule has 3 aromatic carbocycles. The van der Waals surface area contributed by atoms with E-state index in [-0.39, 0.29) is 16.6 Å². The average molecular weight is 513 g/mol. The van der Waals surface area contributed by atoms with Crippen LogP contribution in [0.25, 0.3) is 10.6 Å². The summed E-state index contributed by atoms with van der Waals surface area (Å²) in [5, 5.41) is 12.3. The van der Waals surface area contributed by atoms with Crippen molar-refractivity contribution in [3.63, 3.8) is 0 Å². The van der Waals surface area contributed by atoms with Gasteiger partial charge in [0.2, 0.25) is 5.13 Å². The molecule has 1 N–H and O–H groups in total. The summed E-state index contributed by atoms with van der Waals surface area (Å²) in [5.74, 6) is -0.228. The summed E-state index contributed by atoms with van der Waals surface area (Å²) in [7, 11) is -3.91. The molecular formula is C23H17ClN4O4S2. The second-order valence-corrected chi connectivity index (χ2v) is 10.6. The summed E-state index contributed by atoms with van der Waals surface area (Å²) in [4.78, 5) is 13.2. The number of amides is 1. The average Bonchev–Trinajstić information content (AvgIpc) is 3.32. The third kappa shape index (κ3) is 4.35. The van der Waals surface area contributed by atoms with Crippen LogP contribution in [0.2, 0.25) is 5.02 Å². The lowest BCUT2D eigenvalue weighted by atomic mass is 10.2. The molecule has 8 nitrogen and oxygen atoms in total. The summed E-state index contributed by atoms with van der Waals surface area (Å²) < 4.78 is 33.8. The second-order valence-electron chi connectivity index (χ2n) is 7.33. The van der Waals surface area contributed by atoms with E-state index in [4.69, 9.17) is 16.3 Å². The highest BCUT2D eigenvalue weighted by Gasteiger charge is 2.37. The molecule has 34 heavy (non-hydrogen) atoms. The minimum atomic E-state index is -3.91. The molecule has 1 aliphatic heterocycles. The first-order chi connectivity index (χ1) is 16.4. The molecular weight excluding hydrogens is 496 g/mol. The number of carbonyl (C=O) groups excluding carboxylic acids is 1. The Morgan fingerprint density at radius 2 is 1.71 bits per heavy atom. The fourth-order valence-corrected chi connectivity index (χ4v) is 5.83. The molecule has 4 aromatic rings. The van der Waals surface area contributed by atoms with E-state index >= 15 is 0 Å². The third-order valence-electron chi connectivity index (χ3n) is 5.10. The van der Waals surface area contributed by atoms with Crippen molar-refractivity contribution in [2.45, 2.75) is 11.0 Å². The quantitative estimate of drug-likeness (QED) is 0.424. The number of sulfonamides is 1. The van der Waals surface area contributed by atoms with Gasteiger partial charge >= 0.3 is 0 Å². The number of aromatic nitrogens is 2. The van der Waals surface area contributed by atoms with Gasteiger partial charge in [-0.05, 0) is 36.4 Å². The van der Waals surface area contributed by atoms with Crippen LogP contribution in [-0.4, -0.2) is 37.2 Å². The van der Waals surface area contributed by atoms with Gasteiger partial charge in [0.05, 0.1) is 17.1 Å². The first-order valence-electron chi connectivity index (χ1n) is 10.2. The van der Waals surface area contributed by atoms with E-state index in [9.17, 15) is 13.2 Å². The Bertz CT molecular complexity index is 1440. The van der Waals surface area contributed by atoms with Crippen LogP contribution >= 0.6 is 22.9 Å². The summed E-state index contributed by atoms with van der Waals surface area (Å²) >= 11 is 7.12. The first-order valence-corrected chi connectivity index (χ1v) is 12.8. The zero-order valence-corrected chi connectivity index (χ0v) is 19.8. The third-order valence-corrected chi connectivity index (χ3v) is 8.04. The Kier molecular flexibility index (Phi) is 5.94. The molecule has 0 bridgehead atoms. The molecule has 1 aliphatic rings. The lowest BCUT2D eigenvalue weighted by Gasteiger charge is -2.34. The smallest absolute Gasteiger partial charge is 0.269 e. The predicted molar refractivity (Wildman–Crippen MR) is 131 cm³/mol. The maximum absolute atomic E-state index is 13.4. The summed E-state index contributed by atoms with van der Waals surface area (Å²) in [6.45, 7) is -0.192. The second kappa shape index (κ2) is 9.05. The van der Waals surface area contributed by atoms with Gasteiger partial charge in [0, 0.05) is 10.6 Å². The van der Waals surface area contributed by atoms with Gasteiger partial charge in [-0.3, -0.25) is 14.4 Å². The Hall–Kier alpha value is -3.47. The van der Waals surface area contributed by atoms with Crippen molar-refractivity contribution in [1.29, 1.82) is 0 Å². The monoisotopic (exact) mass is 512 g/mol. The van der Waals surface area contributed by atoms with Crippen LogP contribution in [-0.2, 0) is 14.8 Å². The fraction of sp³-hybridized carbons (Fsp3) is 0.0870. The number of para-hydroxylation sites is 2. The van der Waals surface area contributed by atoms with Crippen LogP contribution in [0.4, 0.5) is 10.8 Å². The number of ether oxygens (including phenoxy) is 1. The molecule has 0 unspecified atom stereocenters. The lowest BCUT2D eigenvalue weighted by molar-refractivity contribution is -0.122. The van der Waals surface area contributed by atoms with E-state index in [0.29, 0.717) is 21.5 Å². The Morgan fingerprint density at radius 1 is 1.00 bits per heavy atom. The summed E-state index contributed by atoms with van der Waals surface area (Å²) in [5.41, 5.74) is 1.18. The van der Waals surface area contributed by atoms with Crippen LogP contribution in [0.3, 0.4) is 0 Å². The van der Waals surface area contributed by atoms with Gasteiger partial charge < -0.3 is 4.74 Å². The Labute approximate surface area is 204 Å². The molecule has 1 amide bonds. The van der Waals surface area contributed by atoms with Crippen LogP contribution < -0.4 is 14.4 Å². The van der Waals surface area contributed by atoms with E-state index in [2.05, 4.69) is 15.5 Å². The van der Waals surface area contributed by atoms with Crippen molar-refractivity contribution >= 4 is 49.7 Å². The molecule has 0 spiro atoms. The molecule has 1 atom stereocenters. The van der Waals surface area contributed by atoms with Crippen molar-refractivity contribution in [2.24, 2.45) is 0 Å². The van der Waals surface area contributed by atoms with E-state index < -0.39 is 22.0 Å². The van der Waals surface area contributed by atoms with E-state index in [1.807, 2.05) is 12.1 Å². The van der Waals surface area contributed by atoms with Gasteiger partial charge in [-0.25, -0.2) is 8.42 Å². The Morgan fingerprint density at radius 3 is 2.47 bits per heavy atom. The lowest BCUT2D eigenvalue weighted by Crippen LogP contribution is -2.48. The zero-order valence-electron chi connectivity index (χ0n) is 17.5. The SMILES string of the molecule is O=C(Nc1nnc(-c2ccc(Cl)cc2)s1)[C@@H]1CN(S(=O)(=O)c2ccccc2)c2ccccc2O1. The molecule has 2 heterocycles. The van der Waals surface area contributed by atoms with Crippen molar-refractivity contribution in [1.82, 2.24) is 10.2 Å².